The number of aliphatic hydroxyl groups excluding tert-OH is 2. The van der Waals surface area contributed by atoms with Gasteiger partial charge >= 0.3 is 0 Å². The van der Waals surface area contributed by atoms with Crippen LogP contribution in [0.1, 0.15) is 23.2 Å². The molecule has 2 N–H and O–H groups in total. The van der Waals surface area contributed by atoms with Crippen LogP contribution in [-0.4, -0.2) is 74.5 Å². The van der Waals surface area contributed by atoms with Crippen LogP contribution >= 0.6 is 11.6 Å². The Morgan fingerprint density at radius 2 is 1.84 bits per heavy atom. The minimum absolute atomic E-state index is 0.112. The lowest BCUT2D eigenvalue weighted by atomic mass is 10.1. The van der Waals surface area contributed by atoms with Crippen LogP contribution in [0.15, 0.2) is 18.2 Å². The summed E-state index contributed by atoms with van der Waals surface area (Å²) in [7, 11) is -3.65. The van der Waals surface area contributed by atoms with Crippen molar-refractivity contribution in [3.05, 3.63) is 28.8 Å². The molecule has 0 atom stereocenters. The van der Waals surface area contributed by atoms with Gasteiger partial charge in [-0.25, -0.2) is 8.42 Å². The molecule has 0 aliphatic carbocycles. The van der Waals surface area contributed by atoms with E-state index in [4.69, 9.17) is 21.8 Å². The number of benzene rings is 1. The fraction of sp³-hybridized carbons (Fsp3) is 0.562. The number of carbonyl (C=O) groups excluding carboxylic acids is 1. The van der Waals surface area contributed by atoms with E-state index >= 15 is 0 Å². The molecule has 2 rings (SSSR count). The molecule has 0 amide bonds. The van der Waals surface area contributed by atoms with Crippen molar-refractivity contribution < 1.29 is 23.4 Å². The van der Waals surface area contributed by atoms with E-state index in [1.807, 2.05) is 0 Å². The molecule has 0 fully saturated rings. The quantitative estimate of drug-likeness (QED) is 0.679. The molecule has 0 bridgehead atoms. The van der Waals surface area contributed by atoms with Gasteiger partial charge in [0.25, 0.3) is 0 Å². The third-order valence-electron chi connectivity index (χ3n) is 4.13. The maximum atomic E-state index is 12.8. The van der Waals surface area contributed by atoms with Gasteiger partial charge < -0.3 is 10.2 Å². The van der Waals surface area contributed by atoms with E-state index in [1.165, 1.54) is 10.4 Å². The minimum Gasteiger partial charge on any atom is -0.395 e. The molecule has 7 nitrogen and oxygen atoms in total. The molecule has 25 heavy (non-hydrogen) atoms. The Kier molecular flexibility index (Phi) is 7.21. The van der Waals surface area contributed by atoms with E-state index in [2.05, 4.69) is 0 Å². The fourth-order valence-electron chi connectivity index (χ4n) is 2.85. The number of rotatable bonds is 8. The largest absolute Gasteiger partial charge is 0.395 e. The highest BCUT2D eigenvalue weighted by molar-refractivity contribution is 7.92. The van der Waals surface area contributed by atoms with Crippen molar-refractivity contribution in [2.24, 2.45) is 0 Å². The number of nitrogens with zero attached hydrogens (tertiary/aromatic N) is 2. The van der Waals surface area contributed by atoms with Crippen molar-refractivity contribution in [1.29, 1.82) is 0 Å². The predicted octanol–water partition coefficient (Wildman–Crippen LogP) is 0.739. The Bertz CT molecular complexity index is 704. The van der Waals surface area contributed by atoms with E-state index in [1.54, 1.807) is 17.0 Å². The normalized spacial score (nSPS) is 15.4. The number of hydrogen-bond donors (Lipinski definition) is 2. The van der Waals surface area contributed by atoms with Crippen molar-refractivity contribution in [1.82, 2.24) is 4.90 Å². The molecular weight excluding hydrogens is 368 g/mol. The average Bonchev–Trinajstić information content (AvgIpc) is 2.73. The molecule has 0 spiro atoms. The summed E-state index contributed by atoms with van der Waals surface area (Å²) in [5.74, 6) is -0.277. The van der Waals surface area contributed by atoms with E-state index < -0.39 is 10.0 Å². The standard InChI is InChI=1S/C16H23ClN2O5S/c17-13-3-4-15-14(12-13)16(22)2-1-5-19(15)25(23,24)11-8-18(6-9-20)7-10-21/h3-4,12,20-21H,1-2,5-11H2. The maximum Gasteiger partial charge on any atom is 0.236 e. The first-order valence-corrected chi connectivity index (χ1v) is 10.1. The van der Waals surface area contributed by atoms with Crippen molar-refractivity contribution in [2.45, 2.75) is 12.8 Å². The highest BCUT2D eigenvalue weighted by Gasteiger charge is 2.29. The smallest absolute Gasteiger partial charge is 0.236 e. The Balaban J connectivity index is 2.23. The summed E-state index contributed by atoms with van der Waals surface area (Å²) in [5.41, 5.74) is 0.693. The number of aliphatic hydroxyl groups is 2. The summed E-state index contributed by atoms with van der Waals surface area (Å²) in [6, 6.07) is 4.65. The first-order valence-electron chi connectivity index (χ1n) is 8.16. The van der Waals surface area contributed by atoms with Gasteiger partial charge in [-0.3, -0.25) is 14.0 Å². The molecule has 1 aliphatic rings. The third-order valence-corrected chi connectivity index (χ3v) is 6.11. The van der Waals surface area contributed by atoms with Crippen LogP contribution in [0.5, 0.6) is 0 Å². The van der Waals surface area contributed by atoms with Gasteiger partial charge in [0.1, 0.15) is 0 Å². The zero-order valence-corrected chi connectivity index (χ0v) is 15.5. The molecule has 0 radical (unpaired) electrons. The maximum absolute atomic E-state index is 12.8. The van der Waals surface area contributed by atoms with Crippen molar-refractivity contribution >= 4 is 33.1 Å². The second-order valence-electron chi connectivity index (χ2n) is 5.87. The van der Waals surface area contributed by atoms with Crippen LogP contribution in [0.25, 0.3) is 0 Å². The Morgan fingerprint density at radius 3 is 2.48 bits per heavy atom. The summed E-state index contributed by atoms with van der Waals surface area (Å²) < 4.78 is 26.9. The highest BCUT2D eigenvalue weighted by Crippen LogP contribution is 2.31. The molecule has 0 aromatic heterocycles. The molecule has 0 saturated heterocycles. The van der Waals surface area contributed by atoms with Gasteiger partial charge in [-0.15, -0.1) is 0 Å². The van der Waals surface area contributed by atoms with Gasteiger partial charge in [-0.2, -0.15) is 0 Å². The summed E-state index contributed by atoms with van der Waals surface area (Å²) in [5, 5.41) is 18.5. The van der Waals surface area contributed by atoms with E-state index in [9.17, 15) is 13.2 Å². The number of sulfonamides is 1. The monoisotopic (exact) mass is 390 g/mol. The van der Waals surface area contributed by atoms with Crippen molar-refractivity contribution in [3.8, 4) is 0 Å². The van der Waals surface area contributed by atoms with Crippen LogP contribution in [0, 0.1) is 0 Å². The molecule has 0 saturated carbocycles. The summed E-state index contributed by atoms with van der Waals surface area (Å²) in [6.07, 6.45) is 0.724. The molecule has 0 unspecified atom stereocenters. The lowest BCUT2D eigenvalue weighted by Crippen LogP contribution is -2.40. The van der Waals surface area contributed by atoms with Gasteiger partial charge in [0.05, 0.1) is 24.7 Å². The lowest BCUT2D eigenvalue weighted by Gasteiger charge is -2.26. The molecular formula is C16H23ClN2O5S. The van der Waals surface area contributed by atoms with Crippen LogP contribution in [0.4, 0.5) is 5.69 Å². The summed E-state index contributed by atoms with van der Waals surface area (Å²) in [4.78, 5) is 13.9. The zero-order chi connectivity index (χ0) is 18.4. The van der Waals surface area contributed by atoms with Gasteiger partial charge in [0.2, 0.25) is 10.0 Å². The van der Waals surface area contributed by atoms with Crippen molar-refractivity contribution in [3.63, 3.8) is 0 Å². The molecule has 140 valence electrons. The van der Waals surface area contributed by atoms with Crippen LogP contribution in [0.2, 0.25) is 5.02 Å². The topological polar surface area (TPSA) is 98.2 Å². The molecule has 9 heteroatoms. The van der Waals surface area contributed by atoms with Crippen LogP contribution < -0.4 is 4.31 Å². The Morgan fingerprint density at radius 1 is 1.16 bits per heavy atom. The first kappa shape index (κ1) is 20.1. The predicted molar refractivity (Wildman–Crippen MR) is 96.8 cm³/mol. The average molecular weight is 391 g/mol. The van der Waals surface area contributed by atoms with E-state index in [0.717, 1.165) is 0 Å². The lowest BCUT2D eigenvalue weighted by molar-refractivity contribution is 0.0983. The molecule has 1 aliphatic heterocycles. The molecule has 1 aromatic carbocycles. The van der Waals surface area contributed by atoms with Gasteiger partial charge in [0.15, 0.2) is 5.78 Å². The molecule has 1 heterocycles. The fourth-order valence-corrected chi connectivity index (χ4v) is 4.60. The zero-order valence-electron chi connectivity index (χ0n) is 13.9. The summed E-state index contributed by atoms with van der Waals surface area (Å²) in [6.45, 7) is 0.792. The van der Waals surface area contributed by atoms with Gasteiger partial charge in [-0.1, -0.05) is 11.6 Å². The Labute approximate surface area is 152 Å². The number of fused-ring (bicyclic) bond motifs is 1. The van der Waals surface area contributed by atoms with E-state index in [0.29, 0.717) is 35.8 Å². The number of ketones is 1. The second kappa shape index (κ2) is 8.95. The second-order valence-corrected chi connectivity index (χ2v) is 8.31. The van der Waals surface area contributed by atoms with Crippen LogP contribution in [0.3, 0.4) is 0 Å². The third kappa shape index (κ3) is 5.15. The number of hydrogen-bond acceptors (Lipinski definition) is 6. The Hall–Kier alpha value is -1.19. The number of Topliss-reactive ketones (excluding diaryl/α,β-unsaturated/α-hetero) is 1. The number of halogens is 1. The first-order chi connectivity index (χ1) is 11.9. The number of carbonyl (C=O) groups is 1. The van der Waals surface area contributed by atoms with Gasteiger partial charge in [-0.05, 0) is 24.6 Å². The number of anilines is 1. The summed E-state index contributed by atoms with van der Waals surface area (Å²) >= 11 is 5.96. The SMILES string of the molecule is O=C1CCCN(S(=O)(=O)CCN(CCO)CCO)c2ccc(Cl)cc21. The van der Waals surface area contributed by atoms with Gasteiger partial charge in [0, 0.05) is 43.2 Å². The van der Waals surface area contributed by atoms with Crippen molar-refractivity contribution in [2.75, 3.05) is 49.5 Å². The van der Waals surface area contributed by atoms with Crippen LogP contribution in [-0.2, 0) is 10.0 Å². The highest BCUT2D eigenvalue weighted by atomic mass is 35.5. The van der Waals surface area contributed by atoms with E-state index in [-0.39, 0.29) is 44.3 Å². The molecule has 1 aromatic rings. The minimum atomic E-state index is -3.65.